The largest absolute Gasteiger partial charge is 0.463 e. The van der Waals surface area contributed by atoms with Crippen LogP contribution in [0.15, 0.2) is 74.4 Å². The predicted octanol–water partition coefficient (Wildman–Crippen LogP) is 4.67. The number of hydrogen-bond acceptors (Lipinski definition) is 8. The molecular formula is C23H13N3O6. The van der Waals surface area contributed by atoms with E-state index in [-0.39, 0.29) is 17.9 Å². The van der Waals surface area contributed by atoms with Crippen LogP contribution in [0.3, 0.4) is 0 Å². The van der Waals surface area contributed by atoms with Gasteiger partial charge in [0.2, 0.25) is 0 Å². The molecule has 9 nitrogen and oxygen atoms in total. The Hall–Kier alpha value is -4.66. The van der Waals surface area contributed by atoms with Crippen LogP contribution in [0.4, 0.5) is 5.69 Å². The molecule has 0 atom stereocenters. The van der Waals surface area contributed by atoms with Crippen molar-refractivity contribution in [3.05, 3.63) is 77.7 Å². The number of carbonyl (C=O) groups is 2. The first-order valence-corrected chi connectivity index (χ1v) is 9.67. The number of benzene rings is 1. The number of furan rings is 2. The number of hydrogen-bond donors (Lipinski definition) is 1. The molecule has 0 saturated carbocycles. The summed E-state index contributed by atoms with van der Waals surface area (Å²) in [5, 5.41) is 7.29. The molecule has 1 aliphatic rings. The van der Waals surface area contributed by atoms with Crippen molar-refractivity contribution in [2.45, 2.75) is 6.61 Å². The maximum Gasteiger partial charge on any atom is 0.338 e. The van der Waals surface area contributed by atoms with Gasteiger partial charge in [0.1, 0.15) is 12.3 Å². The number of cyclic esters (lactones) is 1. The predicted molar refractivity (Wildman–Crippen MR) is 111 cm³/mol. The normalized spacial score (nSPS) is 12.7. The average Bonchev–Trinajstić information content (AvgIpc) is 3.59. The molecular weight excluding hydrogens is 414 g/mol. The van der Waals surface area contributed by atoms with Gasteiger partial charge >= 0.3 is 5.97 Å². The summed E-state index contributed by atoms with van der Waals surface area (Å²) in [4.78, 5) is 29.7. The maximum atomic E-state index is 13.4. The summed E-state index contributed by atoms with van der Waals surface area (Å²) < 4.78 is 21.3. The minimum atomic E-state index is -0.437. The van der Waals surface area contributed by atoms with Crippen LogP contribution in [0.2, 0.25) is 0 Å². The van der Waals surface area contributed by atoms with Crippen LogP contribution >= 0.6 is 0 Å². The second-order valence-electron chi connectivity index (χ2n) is 7.12. The number of nitrogens with one attached hydrogen (secondary N) is 1. The molecule has 1 aliphatic heterocycles. The highest BCUT2D eigenvalue weighted by Crippen LogP contribution is 2.33. The number of esters is 1. The van der Waals surface area contributed by atoms with E-state index in [1.165, 1.54) is 12.5 Å². The molecule has 0 aliphatic carbocycles. The van der Waals surface area contributed by atoms with Gasteiger partial charge in [-0.2, -0.15) is 0 Å². The minimum Gasteiger partial charge on any atom is -0.463 e. The molecule has 0 fully saturated rings. The van der Waals surface area contributed by atoms with Gasteiger partial charge < -0.3 is 23.4 Å². The molecule has 0 radical (unpaired) electrons. The SMILES string of the molecule is O=C1OCc2ccc(NC(=O)c3cc(-c4ccco4)nc4onc(-c5ccco5)c34)cc21. The van der Waals surface area contributed by atoms with E-state index in [4.69, 9.17) is 18.1 Å². The Kier molecular flexibility index (Phi) is 3.94. The fraction of sp³-hybridized carbons (Fsp3) is 0.0435. The number of anilines is 1. The summed E-state index contributed by atoms with van der Waals surface area (Å²) in [5.41, 5.74) is 2.84. The Morgan fingerprint density at radius 3 is 2.59 bits per heavy atom. The molecule has 6 rings (SSSR count). The standard InChI is InChI=1S/C23H13N3O6/c27-21(24-13-6-5-12-11-31-23(28)14(12)9-13)15-10-16(17-3-1-7-29-17)25-22-19(15)20(26-32-22)18-4-2-8-30-18/h1-10H,11H2,(H,24,27). The highest BCUT2D eigenvalue weighted by atomic mass is 16.5. The maximum absolute atomic E-state index is 13.4. The molecule has 9 heteroatoms. The summed E-state index contributed by atoms with van der Waals surface area (Å²) in [5.74, 6) is 0.0528. The van der Waals surface area contributed by atoms with Crippen molar-refractivity contribution < 1.29 is 27.7 Å². The summed E-state index contributed by atoms with van der Waals surface area (Å²) in [6.45, 7) is 0.229. The molecule has 0 saturated heterocycles. The Morgan fingerprint density at radius 1 is 1.00 bits per heavy atom. The summed E-state index contributed by atoms with van der Waals surface area (Å²) in [7, 11) is 0. The third-order valence-corrected chi connectivity index (χ3v) is 5.17. The number of carbonyl (C=O) groups excluding carboxylic acids is 2. The number of aromatic nitrogens is 2. The lowest BCUT2D eigenvalue weighted by molar-refractivity contribution is 0.0535. The Balaban J connectivity index is 1.47. The Bertz CT molecular complexity index is 1480. The van der Waals surface area contributed by atoms with Crippen molar-refractivity contribution in [1.82, 2.24) is 10.1 Å². The fourth-order valence-corrected chi connectivity index (χ4v) is 3.65. The van der Waals surface area contributed by atoms with E-state index in [9.17, 15) is 9.59 Å². The van der Waals surface area contributed by atoms with Gasteiger partial charge in [-0.1, -0.05) is 11.2 Å². The van der Waals surface area contributed by atoms with Crippen molar-refractivity contribution in [3.8, 4) is 22.9 Å². The average molecular weight is 427 g/mol. The van der Waals surface area contributed by atoms with Crippen molar-refractivity contribution in [2.24, 2.45) is 0 Å². The first-order valence-electron chi connectivity index (χ1n) is 9.67. The van der Waals surface area contributed by atoms with Gasteiger partial charge in [-0.25, -0.2) is 9.78 Å². The highest BCUT2D eigenvalue weighted by Gasteiger charge is 2.25. The van der Waals surface area contributed by atoms with Crippen LogP contribution in [0.1, 0.15) is 26.3 Å². The number of nitrogens with zero attached hydrogens (tertiary/aromatic N) is 2. The van der Waals surface area contributed by atoms with Crippen molar-refractivity contribution in [2.75, 3.05) is 5.32 Å². The summed E-state index contributed by atoms with van der Waals surface area (Å²) in [6, 6.07) is 13.5. The van der Waals surface area contributed by atoms with Gasteiger partial charge in [0.05, 0.1) is 29.0 Å². The summed E-state index contributed by atoms with van der Waals surface area (Å²) >= 11 is 0. The van der Waals surface area contributed by atoms with Gasteiger partial charge in [-0.3, -0.25) is 4.79 Å². The minimum absolute atomic E-state index is 0.160. The lowest BCUT2D eigenvalue weighted by Crippen LogP contribution is -2.13. The van der Waals surface area contributed by atoms with Crippen molar-refractivity contribution in [1.29, 1.82) is 0 Å². The second kappa shape index (κ2) is 6.95. The van der Waals surface area contributed by atoms with E-state index in [2.05, 4.69) is 15.5 Å². The molecule has 1 N–H and O–H groups in total. The Morgan fingerprint density at radius 2 is 1.81 bits per heavy atom. The van der Waals surface area contributed by atoms with E-state index in [0.717, 1.165) is 5.56 Å². The van der Waals surface area contributed by atoms with Crippen molar-refractivity contribution in [3.63, 3.8) is 0 Å². The zero-order chi connectivity index (χ0) is 21.7. The Labute approximate surface area is 179 Å². The lowest BCUT2D eigenvalue weighted by Gasteiger charge is -2.08. The lowest BCUT2D eigenvalue weighted by atomic mass is 10.1. The number of amides is 1. The number of rotatable bonds is 4. The first-order chi connectivity index (χ1) is 15.7. The molecule has 156 valence electrons. The zero-order valence-corrected chi connectivity index (χ0v) is 16.3. The van der Waals surface area contributed by atoms with E-state index in [1.54, 1.807) is 48.5 Å². The molecule has 1 amide bonds. The van der Waals surface area contributed by atoms with Crippen LogP contribution in [0, 0.1) is 0 Å². The monoisotopic (exact) mass is 427 g/mol. The zero-order valence-electron chi connectivity index (χ0n) is 16.3. The molecule has 5 aromatic rings. The summed E-state index contributed by atoms with van der Waals surface area (Å²) in [6.07, 6.45) is 3.02. The smallest absolute Gasteiger partial charge is 0.338 e. The first kappa shape index (κ1) is 18.1. The van der Waals surface area contributed by atoms with Crippen LogP contribution < -0.4 is 5.32 Å². The molecule has 4 aromatic heterocycles. The van der Waals surface area contributed by atoms with Crippen LogP contribution in [0.25, 0.3) is 34.0 Å². The molecule has 5 heterocycles. The third kappa shape index (κ3) is 2.87. The third-order valence-electron chi connectivity index (χ3n) is 5.17. The van der Waals surface area contributed by atoms with E-state index in [0.29, 0.717) is 39.5 Å². The molecule has 32 heavy (non-hydrogen) atoms. The van der Waals surface area contributed by atoms with Gasteiger partial charge in [0.15, 0.2) is 17.2 Å². The number of ether oxygens (including phenoxy) is 1. The van der Waals surface area contributed by atoms with Crippen LogP contribution in [-0.2, 0) is 11.3 Å². The van der Waals surface area contributed by atoms with Gasteiger partial charge in [-0.05, 0) is 42.5 Å². The van der Waals surface area contributed by atoms with E-state index < -0.39 is 11.9 Å². The molecule has 0 bridgehead atoms. The van der Waals surface area contributed by atoms with E-state index >= 15 is 0 Å². The van der Waals surface area contributed by atoms with Crippen molar-refractivity contribution >= 4 is 28.7 Å². The van der Waals surface area contributed by atoms with Gasteiger partial charge in [0.25, 0.3) is 11.6 Å². The number of fused-ring (bicyclic) bond motifs is 2. The van der Waals surface area contributed by atoms with Crippen LogP contribution in [-0.4, -0.2) is 22.0 Å². The quantitative estimate of drug-likeness (QED) is 0.411. The topological polar surface area (TPSA) is 121 Å². The molecule has 1 aromatic carbocycles. The second-order valence-corrected chi connectivity index (χ2v) is 7.12. The molecule has 0 spiro atoms. The highest BCUT2D eigenvalue weighted by molar-refractivity contribution is 6.15. The van der Waals surface area contributed by atoms with Crippen LogP contribution in [0.5, 0.6) is 0 Å². The van der Waals surface area contributed by atoms with E-state index in [1.807, 2.05) is 0 Å². The number of pyridine rings is 1. The van der Waals surface area contributed by atoms with Gasteiger partial charge in [0, 0.05) is 11.3 Å². The van der Waals surface area contributed by atoms with Gasteiger partial charge in [-0.15, -0.1) is 0 Å². The fourth-order valence-electron chi connectivity index (χ4n) is 3.65. The molecule has 0 unspecified atom stereocenters.